The van der Waals surface area contributed by atoms with Gasteiger partial charge in [-0.05, 0) is 43.3 Å². The molecule has 0 aliphatic carbocycles. The molecule has 2 aliphatic rings. The van der Waals surface area contributed by atoms with Crippen molar-refractivity contribution < 1.29 is 14.6 Å². The van der Waals surface area contributed by atoms with Crippen LogP contribution in [0.2, 0.25) is 0 Å². The van der Waals surface area contributed by atoms with E-state index >= 15 is 0 Å². The molecule has 0 aromatic rings. The van der Waals surface area contributed by atoms with Gasteiger partial charge >= 0.3 is 5.97 Å². The molecule has 1 unspecified atom stereocenters. The highest BCUT2D eigenvalue weighted by Gasteiger charge is 2.40. The number of hydrogen-bond donors (Lipinski definition) is 1. The summed E-state index contributed by atoms with van der Waals surface area (Å²) in [5.41, 5.74) is 2.44. The first-order valence-corrected chi connectivity index (χ1v) is 10.7. The van der Waals surface area contributed by atoms with Crippen LogP contribution in [0.3, 0.4) is 0 Å². The van der Waals surface area contributed by atoms with E-state index in [2.05, 4.69) is 57.4 Å². The minimum Gasteiger partial charge on any atom is -0.478 e. The van der Waals surface area contributed by atoms with Gasteiger partial charge in [0.15, 0.2) is 0 Å². The summed E-state index contributed by atoms with van der Waals surface area (Å²) in [5.74, 6) is -0.813. The zero-order chi connectivity index (χ0) is 21.1. The average Bonchev–Trinajstić information content (AvgIpc) is 2.61. The Morgan fingerprint density at radius 3 is 2.32 bits per heavy atom. The summed E-state index contributed by atoms with van der Waals surface area (Å²) < 4.78 is 5.57. The van der Waals surface area contributed by atoms with E-state index in [0.717, 1.165) is 63.4 Å². The van der Waals surface area contributed by atoms with Gasteiger partial charge in [0.2, 0.25) is 0 Å². The molecule has 0 saturated carbocycles. The van der Waals surface area contributed by atoms with Gasteiger partial charge in [-0.15, -0.1) is 0 Å². The lowest BCUT2D eigenvalue weighted by Crippen LogP contribution is -2.54. The number of allylic oxidation sites excluding steroid dienone is 1. The van der Waals surface area contributed by atoms with E-state index in [1.54, 1.807) is 0 Å². The van der Waals surface area contributed by atoms with Crippen molar-refractivity contribution in [3.05, 3.63) is 22.9 Å². The Labute approximate surface area is 171 Å². The predicted molar refractivity (Wildman–Crippen MR) is 114 cm³/mol. The number of morpholine rings is 1. The van der Waals surface area contributed by atoms with Gasteiger partial charge in [0, 0.05) is 30.7 Å². The highest BCUT2D eigenvalue weighted by molar-refractivity contribution is 5.93. The van der Waals surface area contributed by atoms with Crippen molar-refractivity contribution in [2.24, 2.45) is 10.8 Å². The lowest BCUT2D eigenvalue weighted by molar-refractivity contribution is -0.132. The number of carboxylic acids is 1. The van der Waals surface area contributed by atoms with Crippen LogP contribution in [-0.2, 0) is 9.53 Å². The molecule has 160 valence electrons. The second kappa shape index (κ2) is 9.00. The molecule has 2 rings (SSSR count). The van der Waals surface area contributed by atoms with Gasteiger partial charge in [-0.1, -0.05) is 41.5 Å². The monoisotopic (exact) mass is 392 g/mol. The van der Waals surface area contributed by atoms with Gasteiger partial charge in [0.05, 0.1) is 18.8 Å². The quantitative estimate of drug-likeness (QED) is 0.691. The van der Waals surface area contributed by atoms with E-state index in [1.807, 2.05) is 6.92 Å². The van der Waals surface area contributed by atoms with Crippen LogP contribution in [0.4, 0.5) is 0 Å². The van der Waals surface area contributed by atoms with Crippen LogP contribution in [-0.4, -0.2) is 59.9 Å². The molecule has 1 saturated heterocycles. The number of nitrogens with zero attached hydrogens (tertiary/aromatic N) is 2. The van der Waals surface area contributed by atoms with Gasteiger partial charge in [-0.25, -0.2) is 4.79 Å². The van der Waals surface area contributed by atoms with Crippen molar-refractivity contribution in [1.29, 1.82) is 0 Å². The number of carbonyl (C=O) groups is 1. The summed E-state index contributed by atoms with van der Waals surface area (Å²) in [7, 11) is 0. The summed E-state index contributed by atoms with van der Waals surface area (Å²) in [6.07, 6.45) is 5.32. The third-order valence-corrected chi connectivity index (χ3v) is 6.12. The largest absolute Gasteiger partial charge is 0.478 e. The average molecular weight is 393 g/mol. The second-order valence-electron chi connectivity index (χ2n) is 10.0. The highest BCUT2D eigenvalue weighted by Crippen LogP contribution is 2.42. The summed E-state index contributed by atoms with van der Waals surface area (Å²) in [5, 5.41) is 10.0. The SMILES string of the molecule is CCC(C)(C)C1=C(C(=O)O)C(C)=CC(N2CCOCC2)N1CCCC(C)(C)C. The standard InChI is InChI=1S/C23H40N2O3/c1-8-23(6,7)20-19(21(26)27)17(2)16-18(24-12-14-28-15-13-24)25(20)11-9-10-22(3,4)5/h16,18H,8-15H2,1-7H3,(H,26,27). The fourth-order valence-corrected chi connectivity index (χ4v) is 4.19. The van der Waals surface area contributed by atoms with Crippen LogP contribution >= 0.6 is 0 Å². The number of carboxylic acid groups (broad SMARTS) is 1. The molecular weight excluding hydrogens is 352 g/mol. The van der Waals surface area contributed by atoms with E-state index in [4.69, 9.17) is 4.74 Å². The summed E-state index contributed by atoms with van der Waals surface area (Å²) >= 11 is 0. The van der Waals surface area contributed by atoms with Gasteiger partial charge in [-0.3, -0.25) is 4.90 Å². The minimum absolute atomic E-state index is 0.104. The normalized spacial score (nSPS) is 22.5. The molecule has 0 amide bonds. The fourth-order valence-electron chi connectivity index (χ4n) is 4.19. The number of rotatable bonds is 7. The zero-order valence-corrected chi connectivity index (χ0v) is 19.0. The molecule has 28 heavy (non-hydrogen) atoms. The molecule has 2 heterocycles. The van der Waals surface area contributed by atoms with Crippen molar-refractivity contribution >= 4 is 5.97 Å². The molecule has 1 atom stereocenters. The molecule has 0 spiro atoms. The van der Waals surface area contributed by atoms with Crippen LogP contribution in [0.5, 0.6) is 0 Å². The summed E-state index contributed by atoms with van der Waals surface area (Å²) in [6, 6.07) is 0. The zero-order valence-electron chi connectivity index (χ0n) is 19.0. The molecule has 2 aliphatic heterocycles. The van der Waals surface area contributed by atoms with E-state index < -0.39 is 5.97 Å². The smallest absolute Gasteiger partial charge is 0.337 e. The Morgan fingerprint density at radius 2 is 1.82 bits per heavy atom. The molecule has 5 nitrogen and oxygen atoms in total. The maximum absolute atomic E-state index is 12.2. The Bertz CT molecular complexity index is 622. The molecule has 5 heteroatoms. The lowest BCUT2D eigenvalue weighted by Gasteiger charge is -2.49. The number of aliphatic carboxylic acids is 1. The first-order valence-electron chi connectivity index (χ1n) is 10.7. The number of hydrogen-bond acceptors (Lipinski definition) is 4. The van der Waals surface area contributed by atoms with E-state index in [9.17, 15) is 9.90 Å². The molecule has 1 N–H and O–H groups in total. The Morgan fingerprint density at radius 1 is 1.21 bits per heavy atom. The molecular formula is C23H40N2O3. The Hall–Kier alpha value is -1.33. The van der Waals surface area contributed by atoms with E-state index in [-0.39, 0.29) is 17.0 Å². The van der Waals surface area contributed by atoms with Crippen molar-refractivity contribution in [3.63, 3.8) is 0 Å². The first-order chi connectivity index (χ1) is 13.0. The maximum atomic E-state index is 12.2. The molecule has 0 aromatic carbocycles. The number of ether oxygens (including phenoxy) is 1. The van der Waals surface area contributed by atoms with Crippen molar-refractivity contribution in [2.75, 3.05) is 32.8 Å². The third kappa shape index (κ3) is 5.38. The molecule has 0 aromatic heterocycles. The minimum atomic E-state index is -0.813. The van der Waals surface area contributed by atoms with Crippen molar-refractivity contribution in [3.8, 4) is 0 Å². The van der Waals surface area contributed by atoms with Gasteiger partial charge in [0.1, 0.15) is 6.17 Å². The van der Waals surface area contributed by atoms with Crippen molar-refractivity contribution in [2.45, 2.75) is 73.9 Å². The van der Waals surface area contributed by atoms with Crippen LogP contribution < -0.4 is 0 Å². The van der Waals surface area contributed by atoms with E-state index in [1.165, 1.54) is 0 Å². The van der Waals surface area contributed by atoms with Crippen molar-refractivity contribution in [1.82, 2.24) is 9.80 Å². The van der Waals surface area contributed by atoms with Crippen LogP contribution in [0.25, 0.3) is 0 Å². The van der Waals surface area contributed by atoms with Gasteiger partial charge < -0.3 is 14.7 Å². The van der Waals surface area contributed by atoms with Crippen LogP contribution in [0, 0.1) is 10.8 Å². The first kappa shape index (κ1) is 23.0. The Kier molecular flexibility index (Phi) is 7.38. The topological polar surface area (TPSA) is 53.0 Å². The molecule has 0 radical (unpaired) electrons. The third-order valence-electron chi connectivity index (χ3n) is 6.12. The highest BCUT2D eigenvalue weighted by atomic mass is 16.5. The second-order valence-corrected chi connectivity index (χ2v) is 10.0. The summed E-state index contributed by atoms with van der Waals surface area (Å²) in [6.45, 7) is 19.4. The van der Waals surface area contributed by atoms with Gasteiger partial charge in [-0.2, -0.15) is 0 Å². The van der Waals surface area contributed by atoms with E-state index in [0.29, 0.717) is 5.57 Å². The lowest BCUT2D eigenvalue weighted by atomic mass is 9.79. The molecule has 0 bridgehead atoms. The Balaban J connectivity index is 2.47. The van der Waals surface area contributed by atoms with Crippen LogP contribution in [0.1, 0.15) is 67.7 Å². The van der Waals surface area contributed by atoms with Crippen LogP contribution in [0.15, 0.2) is 22.9 Å². The van der Waals surface area contributed by atoms with Gasteiger partial charge in [0.25, 0.3) is 0 Å². The fraction of sp³-hybridized carbons (Fsp3) is 0.783. The molecule has 1 fully saturated rings. The maximum Gasteiger partial charge on any atom is 0.337 e. The summed E-state index contributed by atoms with van der Waals surface area (Å²) in [4.78, 5) is 17.1. The predicted octanol–water partition coefficient (Wildman–Crippen LogP) is 4.51.